The Morgan fingerprint density at radius 3 is 2.76 bits per heavy atom. The van der Waals surface area contributed by atoms with E-state index in [1.807, 2.05) is 6.92 Å². The Morgan fingerprint density at radius 2 is 2.10 bits per heavy atom. The predicted octanol–water partition coefficient (Wildman–Crippen LogP) is 2.01. The van der Waals surface area contributed by atoms with Gasteiger partial charge in [0, 0.05) is 25.2 Å². The highest BCUT2D eigenvalue weighted by Crippen LogP contribution is 2.18. The molecule has 2 heterocycles. The van der Waals surface area contributed by atoms with Crippen LogP contribution in [0.15, 0.2) is 23.1 Å². The summed E-state index contributed by atoms with van der Waals surface area (Å²) in [6.45, 7) is 4.64. The first kappa shape index (κ1) is 17.7. The van der Waals surface area contributed by atoms with Gasteiger partial charge in [0.2, 0.25) is 5.91 Å². The molecule has 2 N–H and O–H groups in total. The Morgan fingerprint density at radius 1 is 1.38 bits per heavy atom. The first-order chi connectivity index (χ1) is 9.69. The molecule has 0 radical (unpaired) electrons. The molecule has 0 aromatic carbocycles. The lowest BCUT2D eigenvalue weighted by atomic mass is 9.93. The van der Waals surface area contributed by atoms with E-state index in [1.165, 1.54) is 6.07 Å². The highest BCUT2D eigenvalue weighted by atomic mass is 35.5. The molecule has 0 atom stereocenters. The van der Waals surface area contributed by atoms with E-state index < -0.39 is 0 Å². The fourth-order valence-corrected chi connectivity index (χ4v) is 2.58. The van der Waals surface area contributed by atoms with Crippen LogP contribution in [0.2, 0.25) is 0 Å². The number of nitrogens with one attached hydrogen (secondary N) is 2. The summed E-state index contributed by atoms with van der Waals surface area (Å²) < 4.78 is 1.59. The van der Waals surface area contributed by atoms with Crippen LogP contribution in [0.5, 0.6) is 0 Å². The van der Waals surface area contributed by atoms with Crippen LogP contribution in [0.1, 0.15) is 32.6 Å². The summed E-state index contributed by atoms with van der Waals surface area (Å²) in [7, 11) is 0. The number of hydrogen-bond donors (Lipinski definition) is 2. The van der Waals surface area contributed by atoms with Crippen LogP contribution in [0.4, 0.5) is 5.69 Å². The molecule has 118 valence electrons. The summed E-state index contributed by atoms with van der Waals surface area (Å²) in [6.07, 6.45) is 5.52. The van der Waals surface area contributed by atoms with E-state index in [2.05, 4.69) is 10.6 Å². The van der Waals surface area contributed by atoms with Crippen LogP contribution in [0.3, 0.4) is 0 Å². The van der Waals surface area contributed by atoms with Gasteiger partial charge in [-0.25, -0.2) is 0 Å². The zero-order valence-electron chi connectivity index (χ0n) is 12.4. The summed E-state index contributed by atoms with van der Waals surface area (Å²) in [4.78, 5) is 23.4. The largest absolute Gasteiger partial charge is 0.325 e. The second-order valence-electron chi connectivity index (χ2n) is 5.32. The second kappa shape index (κ2) is 8.85. The van der Waals surface area contributed by atoms with Gasteiger partial charge in [-0.1, -0.05) is 0 Å². The number of amides is 1. The molecule has 0 saturated carbocycles. The highest BCUT2D eigenvalue weighted by Gasteiger charge is 2.14. The second-order valence-corrected chi connectivity index (χ2v) is 5.32. The molecule has 1 aliphatic rings. The number of carbonyl (C=O) groups excluding carboxylic acids is 1. The first-order valence-electron chi connectivity index (χ1n) is 7.40. The van der Waals surface area contributed by atoms with Gasteiger partial charge in [0.1, 0.15) is 0 Å². The lowest BCUT2D eigenvalue weighted by Gasteiger charge is -2.22. The average molecular weight is 314 g/mol. The van der Waals surface area contributed by atoms with Crippen molar-refractivity contribution in [2.24, 2.45) is 5.92 Å². The molecule has 0 spiro atoms. The van der Waals surface area contributed by atoms with Crippen LogP contribution < -0.4 is 16.2 Å². The number of pyridine rings is 1. The van der Waals surface area contributed by atoms with E-state index in [9.17, 15) is 9.59 Å². The van der Waals surface area contributed by atoms with Crippen molar-refractivity contribution in [2.45, 2.75) is 39.2 Å². The van der Waals surface area contributed by atoms with Crippen molar-refractivity contribution < 1.29 is 4.79 Å². The molecule has 21 heavy (non-hydrogen) atoms. The van der Waals surface area contributed by atoms with Gasteiger partial charge in [0.05, 0.1) is 5.69 Å². The van der Waals surface area contributed by atoms with Gasteiger partial charge < -0.3 is 15.2 Å². The minimum absolute atomic E-state index is 0. The fraction of sp³-hybridized carbons (Fsp3) is 0.600. The topological polar surface area (TPSA) is 63.1 Å². The zero-order chi connectivity index (χ0) is 14.4. The standard InChI is InChI=1S/C15H23N3O2.ClH/c1-2-18-11-13(4-6-15(18)20)17-14(19)5-3-12-7-9-16-10-8-12;/h4,6,11-12,16H,2-3,5,7-10H2,1H3,(H,17,19);1H. The molecule has 0 bridgehead atoms. The molecule has 0 unspecified atom stereocenters. The summed E-state index contributed by atoms with van der Waals surface area (Å²) in [6, 6.07) is 3.16. The predicted molar refractivity (Wildman–Crippen MR) is 87.1 cm³/mol. The number of aryl methyl sites for hydroxylation is 1. The van der Waals surface area contributed by atoms with Crippen molar-refractivity contribution in [1.82, 2.24) is 9.88 Å². The molecule has 0 aliphatic carbocycles. The van der Waals surface area contributed by atoms with E-state index in [0.29, 0.717) is 24.6 Å². The maximum atomic E-state index is 11.9. The Kier molecular flexibility index (Phi) is 7.47. The molecule has 1 amide bonds. The molecule has 5 nitrogen and oxygen atoms in total. The van der Waals surface area contributed by atoms with Crippen LogP contribution in [0, 0.1) is 5.92 Å². The monoisotopic (exact) mass is 313 g/mol. The van der Waals surface area contributed by atoms with Gasteiger partial charge in [-0.05, 0) is 51.3 Å². The maximum absolute atomic E-state index is 11.9. The molecule has 1 saturated heterocycles. The summed E-state index contributed by atoms with van der Waals surface area (Å²) in [5, 5.41) is 6.20. The summed E-state index contributed by atoms with van der Waals surface area (Å²) in [5.74, 6) is 0.691. The van der Waals surface area contributed by atoms with E-state index in [1.54, 1.807) is 16.8 Å². The summed E-state index contributed by atoms with van der Waals surface area (Å²) >= 11 is 0. The van der Waals surface area contributed by atoms with Crippen LogP contribution in [0.25, 0.3) is 0 Å². The minimum atomic E-state index is -0.0415. The average Bonchev–Trinajstić information content (AvgIpc) is 2.48. The number of anilines is 1. The number of piperidine rings is 1. The fourth-order valence-electron chi connectivity index (χ4n) is 2.58. The zero-order valence-corrected chi connectivity index (χ0v) is 13.2. The first-order valence-corrected chi connectivity index (χ1v) is 7.40. The molecule has 1 fully saturated rings. The van der Waals surface area contributed by atoms with Crippen molar-refractivity contribution in [3.8, 4) is 0 Å². The molecular formula is C15H24ClN3O2. The van der Waals surface area contributed by atoms with Gasteiger partial charge in [0.25, 0.3) is 5.56 Å². The third kappa shape index (κ3) is 5.52. The molecule has 1 aromatic rings. The van der Waals surface area contributed by atoms with E-state index in [0.717, 1.165) is 32.4 Å². The normalized spacial score (nSPS) is 15.3. The molecule has 6 heteroatoms. The van der Waals surface area contributed by atoms with Crippen LogP contribution >= 0.6 is 12.4 Å². The van der Waals surface area contributed by atoms with E-state index in [-0.39, 0.29) is 23.9 Å². The molecule has 2 rings (SSSR count). The lowest BCUT2D eigenvalue weighted by Crippen LogP contribution is -2.28. The number of carbonyl (C=O) groups is 1. The highest BCUT2D eigenvalue weighted by molar-refractivity contribution is 5.90. The van der Waals surface area contributed by atoms with Gasteiger partial charge >= 0.3 is 0 Å². The third-order valence-corrected chi connectivity index (χ3v) is 3.85. The van der Waals surface area contributed by atoms with Gasteiger partial charge in [0.15, 0.2) is 0 Å². The third-order valence-electron chi connectivity index (χ3n) is 3.85. The number of aromatic nitrogens is 1. The number of hydrogen-bond acceptors (Lipinski definition) is 3. The SMILES string of the molecule is CCn1cc(NC(=O)CCC2CCNCC2)ccc1=O.Cl. The quantitative estimate of drug-likeness (QED) is 0.874. The number of rotatable bonds is 5. The van der Waals surface area contributed by atoms with E-state index >= 15 is 0 Å². The minimum Gasteiger partial charge on any atom is -0.325 e. The van der Waals surface area contributed by atoms with Crippen LogP contribution in [-0.2, 0) is 11.3 Å². The molecule has 1 aliphatic heterocycles. The van der Waals surface area contributed by atoms with Crippen molar-refractivity contribution in [2.75, 3.05) is 18.4 Å². The van der Waals surface area contributed by atoms with Gasteiger partial charge in [-0.2, -0.15) is 0 Å². The molecule has 1 aromatic heterocycles. The number of halogens is 1. The Labute approximate surface area is 131 Å². The maximum Gasteiger partial charge on any atom is 0.250 e. The van der Waals surface area contributed by atoms with Gasteiger partial charge in [-0.3, -0.25) is 9.59 Å². The summed E-state index contributed by atoms with van der Waals surface area (Å²) in [5.41, 5.74) is 0.655. The Hall–Kier alpha value is -1.33. The Balaban J connectivity index is 0.00000220. The van der Waals surface area contributed by atoms with Crippen molar-refractivity contribution in [3.05, 3.63) is 28.7 Å². The van der Waals surface area contributed by atoms with Gasteiger partial charge in [-0.15, -0.1) is 12.4 Å². The molecular weight excluding hydrogens is 290 g/mol. The smallest absolute Gasteiger partial charge is 0.250 e. The van der Waals surface area contributed by atoms with Crippen LogP contribution in [-0.4, -0.2) is 23.6 Å². The van der Waals surface area contributed by atoms with Crippen molar-refractivity contribution in [1.29, 1.82) is 0 Å². The van der Waals surface area contributed by atoms with E-state index in [4.69, 9.17) is 0 Å². The Bertz CT molecular complexity index is 510. The van der Waals surface area contributed by atoms with Crippen molar-refractivity contribution >= 4 is 24.0 Å². The number of nitrogens with zero attached hydrogens (tertiary/aromatic N) is 1. The lowest BCUT2D eigenvalue weighted by molar-refractivity contribution is -0.116. The van der Waals surface area contributed by atoms with Crippen molar-refractivity contribution in [3.63, 3.8) is 0 Å².